The molecular formula is C18H28O6. The van der Waals surface area contributed by atoms with Gasteiger partial charge >= 0.3 is 0 Å². The van der Waals surface area contributed by atoms with E-state index in [2.05, 4.69) is 13.2 Å². The lowest BCUT2D eigenvalue weighted by atomic mass is 9.84. The molecule has 1 aliphatic heterocycles. The van der Waals surface area contributed by atoms with Crippen molar-refractivity contribution in [1.29, 1.82) is 0 Å². The lowest BCUT2D eigenvalue weighted by Gasteiger charge is -2.42. The summed E-state index contributed by atoms with van der Waals surface area (Å²) in [5.41, 5.74) is 0. The van der Waals surface area contributed by atoms with Crippen LogP contribution in [0.2, 0.25) is 0 Å². The monoisotopic (exact) mass is 340 g/mol. The van der Waals surface area contributed by atoms with E-state index in [4.69, 9.17) is 18.9 Å². The number of fused-ring (bicyclic) bond motifs is 1. The Bertz CT molecular complexity index is 413. The SMILES string of the molecule is C=CCO[C@H]1[C@H](O)[C@@H](O)[C@H](OCC=C)[C@H]2OC3(CCCCC3)O[C@H]21. The van der Waals surface area contributed by atoms with Gasteiger partial charge in [-0.25, -0.2) is 0 Å². The van der Waals surface area contributed by atoms with E-state index in [0.29, 0.717) is 0 Å². The summed E-state index contributed by atoms with van der Waals surface area (Å²) in [6.45, 7) is 7.81. The van der Waals surface area contributed by atoms with Gasteiger partial charge in [0.2, 0.25) is 0 Å². The third-order valence-electron chi connectivity index (χ3n) is 5.12. The molecule has 3 fully saturated rings. The molecule has 136 valence electrons. The first kappa shape index (κ1) is 18.0. The molecule has 3 rings (SSSR count). The molecule has 1 heterocycles. The Morgan fingerprint density at radius 3 is 1.75 bits per heavy atom. The molecule has 1 saturated heterocycles. The third-order valence-corrected chi connectivity index (χ3v) is 5.12. The molecule has 6 atom stereocenters. The first-order chi connectivity index (χ1) is 11.6. The Hall–Kier alpha value is -0.760. The molecule has 2 aliphatic carbocycles. The number of aliphatic hydroxyl groups is 2. The maximum atomic E-state index is 10.5. The van der Waals surface area contributed by atoms with Crippen molar-refractivity contribution in [3.8, 4) is 0 Å². The molecular weight excluding hydrogens is 312 g/mol. The van der Waals surface area contributed by atoms with E-state index in [9.17, 15) is 10.2 Å². The Labute approximate surface area is 143 Å². The van der Waals surface area contributed by atoms with Crippen molar-refractivity contribution in [2.75, 3.05) is 13.2 Å². The molecule has 0 bridgehead atoms. The average molecular weight is 340 g/mol. The minimum Gasteiger partial charge on any atom is -0.387 e. The second-order valence-electron chi connectivity index (χ2n) is 6.79. The molecule has 3 aliphatic rings. The van der Waals surface area contributed by atoms with Crippen molar-refractivity contribution in [3.63, 3.8) is 0 Å². The smallest absolute Gasteiger partial charge is 0.169 e. The largest absolute Gasteiger partial charge is 0.387 e. The second-order valence-corrected chi connectivity index (χ2v) is 6.79. The van der Waals surface area contributed by atoms with Crippen LogP contribution in [-0.4, -0.2) is 65.8 Å². The lowest BCUT2D eigenvalue weighted by Crippen LogP contribution is -2.64. The summed E-state index contributed by atoms with van der Waals surface area (Å²) in [5.74, 6) is -0.650. The van der Waals surface area contributed by atoms with E-state index in [1.807, 2.05) is 0 Å². The van der Waals surface area contributed by atoms with E-state index < -0.39 is 42.4 Å². The van der Waals surface area contributed by atoms with Crippen LogP contribution in [0.5, 0.6) is 0 Å². The van der Waals surface area contributed by atoms with E-state index >= 15 is 0 Å². The molecule has 6 heteroatoms. The predicted octanol–water partition coefficient (Wildman–Crippen LogP) is 1.31. The topological polar surface area (TPSA) is 77.4 Å². The minimum absolute atomic E-state index is 0.270. The highest BCUT2D eigenvalue weighted by Crippen LogP contribution is 2.46. The van der Waals surface area contributed by atoms with Crippen LogP contribution < -0.4 is 0 Å². The molecule has 24 heavy (non-hydrogen) atoms. The summed E-state index contributed by atoms with van der Waals surface area (Å²) in [6, 6.07) is 0. The van der Waals surface area contributed by atoms with E-state index in [1.165, 1.54) is 6.42 Å². The Kier molecular flexibility index (Phi) is 5.74. The number of aliphatic hydroxyl groups excluding tert-OH is 2. The fourth-order valence-corrected chi connectivity index (χ4v) is 4.01. The van der Waals surface area contributed by atoms with Crippen LogP contribution in [-0.2, 0) is 18.9 Å². The van der Waals surface area contributed by atoms with Gasteiger partial charge in [-0.3, -0.25) is 0 Å². The maximum Gasteiger partial charge on any atom is 0.169 e. The van der Waals surface area contributed by atoms with Crippen LogP contribution in [0.25, 0.3) is 0 Å². The third kappa shape index (κ3) is 3.31. The fourth-order valence-electron chi connectivity index (χ4n) is 4.01. The van der Waals surface area contributed by atoms with Gasteiger partial charge in [0.15, 0.2) is 5.79 Å². The maximum absolute atomic E-state index is 10.5. The van der Waals surface area contributed by atoms with E-state index in [0.717, 1.165) is 25.7 Å². The number of ether oxygens (including phenoxy) is 4. The van der Waals surface area contributed by atoms with Gasteiger partial charge in [-0.1, -0.05) is 18.6 Å². The minimum atomic E-state index is -1.11. The number of hydrogen-bond acceptors (Lipinski definition) is 6. The first-order valence-corrected chi connectivity index (χ1v) is 8.78. The summed E-state index contributed by atoms with van der Waals surface area (Å²) < 4.78 is 24.0. The van der Waals surface area contributed by atoms with Gasteiger partial charge in [0.1, 0.15) is 36.6 Å². The van der Waals surface area contributed by atoms with Gasteiger partial charge in [-0.05, 0) is 12.8 Å². The summed E-state index contributed by atoms with van der Waals surface area (Å²) in [4.78, 5) is 0. The lowest BCUT2D eigenvalue weighted by molar-refractivity contribution is -0.214. The highest BCUT2D eigenvalue weighted by Gasteiger charge is 2.60. The van der Waals surface area contributed by atoms with E-state index in [-0.39, 0.29) is 13.2 Å². The molecule has 1 spiro atoms. The zero-order valence-corrected chi connectivity index (χ0v) is 14.0. The highest BCUT2D eigenvalue weighted by molar-refractivity contribution is 5.06. The van der Waals surface area contributed by atoms with Crippen LogP contribution in [0, 0.1) is 0 Å². The molecule has 0 aromatic heterocycles. The van der Waals surface area contributed by atoms with Crippen LogP contribution in [0.3, 0.4) is 0 Å². The van der Waals surface area contributed by atoms with Gasteiger partial charge in [-0.2, -0.15) is 0 Å². The van der Waals surface area contributed by atoms with Gasteiger partial charge in [-0.15, -0.1) is 13.2 Å². The first-order valence-electron chi connectivity index (χ1n) is 8.78. The number of hydrogen-bond donors (Lipinski definition) is 2. The van der Waals surface area contributed by atoms with Crippen LogP contribution in [0.4, 0.5) is 0 Å². The Morgan fingerprint density at radius 2 is 1.33 bits per heavy atom. The van der Waals surface area contributed by atoms with E-state index in [1.54, 1.807) is 12.2 Å². The summed E-state index contributed by atoms with van der Waals surface area (Å²) in [6.07, 6.45) is 3.59. The van der Waals surface area contributed by atoms with Crippen molar-refractivity contribution in [2.45, 2.75) is 74.5 Å². The van der Waals surface area contributed by atoms with Gasteiger partial charge in [0.05, 0.1) is 13.2 Å². The second kappa shape index (κ2) is 7.64. The Balaban J connectivity index is 1.83. The summed E-state index contributed by atoms with van der Waals surface area (Å²) in [5, 5.41) is 21.0. The van der Waals surface area contributed by atoms with Crippen molar-refractivity contribution >= 4 is 0 Å². The van der Waals surface area contributed by atoms with Crippen molar-refractivity contribution in [3.05, 3.63) is 25.3 Å². The molecule has 0 aromatic carbocycles. The fraction of sp³-hybridized carbons (Fsp3) is 0.778. The summed E-state index contributed by atoms with van der Waals surface area (Å²) >= 11 is 0. The van der Waals surface area contributed by atoms with Crippen LogP contribution in [0.1, 0.15) is 32.1 Å². The average Bonchev–Trinajstić information content (AvgIpc) is 2.94. The number of rotatable bonds is 6. The van der Waals surface area contributed by atoms with Crippen LogP contribution in [0.15, 0.2) is 25.3 Å². The predicted molar refractivity (Wildman–Crippen MR) is 87.4 cm³/mol. The van der Waals surface area contributed by atoms with Crippen molar-refractivity contribution in [1.82, 2.24) is 0 Å². The van der Waals surface area contributed by atoms with Gasteiger partial charge in [0.25, 0.3) is 0 Å². The molecule has 2 saturated carbocycles. The molecule has 0 radical (unpaired) electrons. The molecule has 0 unspecified atom stereocenters. The zero-order chi connectivity index (χ0) is 17.2. The van der Waals surface area contributed by atoms with Crippen molar-refractivity contribution in [2.24, 2.45) is 0 Å². The van der Waals surface area contributed by atoms with Gasteiger partial charge in [0, 0.05) is 12.8 Å². The molecule has 0 amide bonds. The molecule has 6 nitrogen and oxygen atoms in total. The Morgan fingerprint density at radius 1 is 0.875 bits per heavy atom. The standard InChI is InChI=1S/C18H28O6/c1-3-10-21-14-12(19)13(20)15(22-11-4-2)17-16(14)23-18(24-17)8-6-5-7-9-18/h3-4,12-17,19-20H,1-2,5-11H2/t12-,13-,14+,15+,16-,17+/m1/s1. The van der Waals surface area contributed by atoms with Crippen LogP contribution >= 0.6 is 0 Å². The van der Waals surface area contributed by atoms with Gasteiger partial charge < -0.3 is 29.2 Å². The summed E-state index contributed by atoms with van der Waals surface area (Å²) in [7, 11) is 0. The normalized spacial score (nSPS) is 41.1. The zero-order valence-electron chi connectivity index (χ0n) is 14.0. The molecule has 0 aromatic rings. The molecule has 2 N–H and O–H groups in total. The van der Waals surface area contributed by atoms with Crippen molar-refractivity contribution < 1.29 is 29.2 Å². The highest BCUT2D eigenvalue weighted by atomic mass is 16.8. The quantitative estimate of drug-likeness (QED) is 0.710.